The lowest BCUT2D eigenvalue weighted by Crippen LogP contribution is -2.37. The molecule has 0 aromatic carbocycles. The van der Waals surface area contributed by atoms with Gasteiger partial charge in [-0.25, -0.2) is 9.78 Å². The summed E-state index contributed by atoms with van der Waals surface area (Å²) in [6.07, 6.45) is 0.887. The summed E-state index contributed by atoms with van der Waals surface area (Å²) in [4.78, 5) is 49.0. The Morgan fingerprint density at radius 1 is 1.22 bits per heavy atom. The number of likely N-dealkylation sites (N-methyl/N-ethyl adjacent to an activating group) is 1. The van der Waals surface area contributed by atoms with E-state index >= 15 is 0 Å². The van der Waals surface area contributed by atoms with Gasteiger partial charge in [0.05, 0.1) is 10.9 Å². The van der Waals surface area contributed by atoms with Gasteiger partial charge in [0, 0.05) is 31.9 Å². The lowest BCUT2D eigenvalue weighted by Gasteiger charge is -2.22. The SMILES string of the molecule is CCn1c(=O)[nH]c(=O)c2c(C(=O)N3CCCN(C)CC3)cc(C(C)C)nc21. The lowest BCUT2D eigenvalue weighted by molar-refractivity contribution is 0.0764. The third kappa shape index (κ3) is 3.66. The summed E-state index contributed by atoms with van der Waals surface area (Å²) in [7, 11) is 2.04. The number of rotatable bonds is 3. The maximum absolute atomic E-state index is 13.3. The Hall–Kier alpha value is -2.48. The van der Waals surface area contributed by atoms with Gasteiger partial charge in [0.1, 0.15) is 0 Å². The molecule has 2 aromatic rings. The third-order valence-electron chi connectivity index (χ3n) is 5.11. The van der Waals surface area contributed by atoms with Crippen molar-refractivity contribution in [3.63, 3.8) is 0 Å². The van der Waals surface area contributed by atoms with Crippen molar-refractivity contribution < 1.29 is 4.79 Å². The number of carbonyl (C=O) groups is 1. The highest BCUT2D eigenvalue weighted by molar-refractivity contribution is 6.05. The second-order valence-electron chi connectivity index (χ2n) is 7.40. The fourth-order valence-electron chi connectivity index (χ4n) is 3.47. The monoisotopic (exact) mass is 373 g/mol. The molecule has 8 heteroatoms. The number of aromatic amines is 1. The number of aryl methyl sites for hydroxylation is 1. The summed E-state index contributed by atoms with van der Waals surface area (Å²) in [6, 6.07) is 1.71. The number of H-pyrrole nitrogens is 1. The van der Waals surface area contributed by atoms with Crippen molar-refractivity contribution in [1.82, 2.24) is 24.3 Å². The van der Waals surface area contributed by atoms with E-state index in [0.717, 1.165) is 19.5 Å². The van der Waals surface area contributed by atoms with E-state index in [2.05, 4.69) is 14.9 Å². The highest BCUT2D eigenvalue weighted by Crippen LogP contribution is 2.21. The number of fused-ring (bicyclic) bond motifs is 1. The Morgan fingerprint density at radius 3 is 2.63 bits per heavy atom. The van der Waals surface area contributed by atoms with Gasteiger partial charge >= 0.3 is 5.69 Å². The van der Waals surface area contributed by atoms with Crippen LogP contribution in [0.25, 0.3) is 11.0 Å². The fraction of sp³-hybridized carbons (Fsp3) is 0.579. The highest BCUT2D eigenvalue weighted by atomic mass is 16.2. The van der Waals surface area contributed by atoms with Gasteiger partial charge in [-0.2, -0.15) is 0 Å². The zero-order valence-corrected chi connectivity index (χ0v) is 16.4. The van der Waals surface area contributed by atoms with E-state index in [1.165, 1.54) is 4.57 Å². The molecule has 27 heavy (non-hydrogen) atoms. The molecule has 1 N–H and O–H groups in total. The first-order chi connectivity index (χ1) is 12.8. The van der Waals surface area contributed by atoms with Crippen molar-refractivity contribution in [2.45, 2.75) is 39.7 Å². The molecule has 0 bridgehead atoms. The zero-order valence-electron chi connectivity index (χ0n) is 16.4. The Labute approximate surface area is 157 Å². The molecule has 3 heterocycles. The van der Waals surface area contributed by atoms with Crippen LogP contribution in [0, 0.1) is 0 Å². The van der Waals surface area contributed by atoms with Crippen LogP contribution in [0.5, 0.6) is 0 Å². The van der Waals surface area contributed by atoms with Crippen molar-refractivity contribution in [2.75, 3.05) is 33.2 Å². The first-order valence-corrected chi connectivity index (χ1v) is 9.49. The van der Waals surface area contributed by atoms with Crippen LogP contribution in [0.2, 0.25) is 0 Å². The van der Waals surface area contributed by atoms with Gasteiger partial charge < -0.3 is 9.80 Å². The fourth-order valence-corrected chi connectivity index (χ4v) is 3.47. The summed E-state index contributed by atoms with van der Waals surface area (Å²) in [5.74, 6) is -0.109. The Kier molecular flexibility index (Phi) is 5.46. The van der Waals surface area contributed by atoms with Gasteiger partial charge in [-0.1, -0.05) is 13.8 Å². The molecule has 3 rings (SSSR count). The number of hydrogen-bond donors (Lipinski definition) is 1. The van der Waals surface area contributed by atoms with E-state index in [1.54, 1.807) is 11.0 Å². The molecule has 1 aliphatic heterocycles. The molecule has 1 aliphatic rings. The van der Waals surface area contributed by atoms with Crippen molar-refractivity contribution >= 4 is 16.9 Å². The third-order valence-corrected chi connectivity index (χ3v) is 5.11. The summed E-state index contributed by atoms with van der Waals surface area (Å²) in [5, 5.41) is 0.198. The second kappa shape index (κ2) is 7.64. The normalized spacial score (nSPS) is 16.1. The molecule has 0 unspecified atom stereocenters. The topological polar surface area (TPSA) is 91.3 Å². The molecule has 1 fully saturated rings. The average molecular weight is 373 g/mol. The molecule has 146 valence electrons. The van der Waals surface area contributed by atoms with Crippen molar-refractivity contribution in [1.29, 1.82) is 0 Å². The first-order valence-electron chi connectivity index (χ1n) is 9.49. The number of aromatic nitrogens is 3. The number of amides is 1. The number of carbonyl (C=O) groups excluding carboxylic acids is 1. The van der Waals surface area contributed by atoms with Crippen LogP contribution in [0.15, 0.2) is 15.7 Å². The van der Waals surface area contributed by atoms with Crippen molar-refractivity contribution in [3.05, 3.63) is 38.2 Å². The number of pyridine rings is 1. The molecule has 0 aliphatic carbocycles. The minimum Gasteiger partial charge on any atom is -0.337 e. The summed E-state index contributed by atoms with van der Waals surface area (Å²) >= 11 is 0. The van der Waals surface area contributed by atoms with Crippen LogP contribution in [-0.4, -0.2) is 63.5 Å². The largest absolute Gasteiger partial charge is 0.337 e. The Bertz CT molecular complexity index is 976. The van der Waals surface area contributed by atoms with E-state index < -0.39 is 11.2 Å². The molecular formula is C19H27N5O3. The predicted octanol–water partition coefficient (Wildman–Crippen LogP) is 1.01. The molecule has 1 saturated heterocycles. The van der Waals surface area contributed by atoms with Crippen LogP contribution in [0.1, 0.15) is 49.2 Å². The molecule has 0 spiro atoms. The first kappa shape index (κ1) is 19.3. The van der Waals surface area contributed by atoms with E-state index in [4.69, 9.17) is 0 Å². The zero-order chi connectivity index (χ0) is 19.7. The smallest absolute Gasteiger partial charge is 0.329 e. The van der Waals surface area contributed by atoms with E-state index in [-0.39, 0.29) is 22.9 Å². The van der Waals surface area contributed by atoms with Gasteiger partial charge in [0.15, 0.2) is 5.65 Å². The van der Waals surface area contributed by atoms with Gasteiger partial charge in [-0.15, -0.1) is 0 Å². The lowest BCUT2D eigenvalue weighted by atomic mass is 10.0. The maximum atomic E-state index is 13.3. The summed E-state index contributed by atoms with van der Waals surface area (Å²) < 4.78 is 1.41. The molecule has 0 radical (unpaired) electrons. The van der Waals surface area contributed by atoms with Gasteiger partial charge in [-0.05, 0) is 38.9 Å². The number of nitrogens with one attached hydrogen (secondary N) is 1. The quantitative estimate of drug-likeness (QED) is 0.867. The molecule has 0 saturated carbocycles. The molecule has 8 nitrogen and oxygen atoms in total. The predicted molar refractivity (Wildman–Crippen MR) is 104 cm³/mol. The number of nitrogens with zero attached hydrogens (tertiary/aromatic N) is 4. The average Bonchev–Trinajstić information content (AvgIpc) is 2.84. The number of hydrogen-bond acceptors (Lipinski definition) is 5. The molecule has 2 aromatic heterocycles. The standard InChI is InChI=1S/C19H27N5O3/c1-5-24-16-15(17(25)21-19(24)27)13(11-14(20-16)12(2)3)18(26)23-8-6-7-22(4)9-10-23/h11-12H,5-10H2,1-4H3,(H,21,25,27). The van der Waals surface area contributed by atoms with Gasteiger partial charge in [0.2, 0.25) is 0 Å². The van der Waals surface area contributed by atoms with Crippen molar-refractivity contribution in [2.24, 2.45) is 0 Å². The van der Waals surface area contributed by atoms with E-state index in [9.17, 15) is 14.4 Å². The Balaban J connectivity index is 2.23. The van der Waals surface area contributed by atoms with Gasteiger partial charge in [-0.3, -0.25) is 19.1 Å². The molecule has 1 amide bonds. The minimum absolute atomic E-state index is 0.0657. The van der Waals surface area contributed by atoms with E-state index in [0.29, 0.717) is 30.9 Å². The molecule has 0 atom stereocenters. The van der Waals surface area contributed by atoms with E-state index in [1.807, 2.05) is 27.8 Å². The van der Waals surface area contributed by atoms with Crippen LogP contribution in [-0.2, 0) is 6.54 Å². The van der Waals surface area contributed by atoms with Crippen LogP contribution < -0.4 is 11.2 Å². The minimum atomic E-state index is -0.558. The molecular weight excluding hydrogens is 346 g/mol. The van der Waals surface area contributed by atoms with Crippen molar-refractivity contribution in [3.8, 4) is 0 Å². The van der Waals surface area contributed by atoms with Crippen LogP contribution in [0.4, 0.5) is 0 Å². The maximum Gasteiger partial charge on any atom is 0.329 e. The Morgan fingerprint density at radius 2 is 1.96 bits per heavy atom. The van der Waals surface area contributed by atoms with Gasteiger partial charge in [0.25, 0.3) is 11.5 Å². The van der Waals surface area contributed by atoms with Crippen LogP contribution >= 0.6 is 0 Å². The second-order valence-corrected chi connectivity index (χ2v) is 7.40. The summed E-state index contributed by atoms with van der Waals surface area (Å²) in [6.45, 7) is 9.13. The highest BCUT2D eigenvalue weighted by Gasteiger charge is 2.25. The summed E-state index contributed by atoms with van der Waals surface area (Å²) in [5.41, 5.74) is 0.255. The van der Waals surface area contributed by atoms with Crippen LogP contribution in [0.3, 0.4) is 0 Å².